The van der Waals surface area contributed by atoms with Crippen molar-refractivity contribution in [2.45, 2.75) is 19.6 Å². The molecule has 1 amide bonds. The molecule has 0 unspecified atom stereocenters. The summed E-state index contributed by atoms with van der Waals surface area (Å²) in [6, 6.07) is 12.9. The molecule has 2 aromatic carbocycles. The number of rotatable bonds is 4. The number of carbonyl (C=O) groups is 1. The maximum Gasteiger partial charge on any atom is 0.272 e. The van der Waals surface area contributed by atoms with Gasteiger partial charge in [-0.1, -0.05) is 28.9 Å². The first kappa shape index (κ1) is 19.1. The van der Waals surface area contributed by atoms with Crippen LogP contribution in [0, 0.1) is 11.3 Å². The van der Waals surface area contributed by atoms with Crippen molar-refractivity contribution in [2.75, 3.05) is 11.4 Å². The van der Waals surface area contributed by atoms with Crippen molar-refractivity contribution in [3.63, 3.8) is 0 Å². The zero-order valence-electron chi connectivity index (χ0n) is 16.3. The largest absolute Gasteiger partial charge is 0.362 e. The Kier molecular flexibility index (Phi) is 4.76. The number of nitrogens with zero attached hydrogens (tertiary/aromatic N) is 6. The van der Waals surface area contributed by atoms with Gasteiger partial charge in [0.1, 0.15) is 0 Å². The van der Waals surface area contributed by atoms with Crippen LogP contribution in [0.2, 0.25) is 5.02 Å². The molecule has 0 radical (unpaired) electrons. The second-order valence-electron chi connectivity index (χ2n) is 7.25. The number of anilines is 1. The lowest BCUT2D eigenvalue weighted by atomic mass is 10.1. The molecule has 0 fully saturated rings. The van der Waals surface area contributed by atoms with Gasteiger partial charge < -0.3 is 10.2 Å². The highest BCUT2D eigenvalue weighted by molar-refractivity contribution is 6.38. The molecule has 10 heteroatoms. The first-order valence-corrected chi connectivity index (χ1v) is 10.1. The van der Waals surface area contributed by atoms with Gasteiger partial charge in [-0.15, -0.1) is 5.10 Å². The lowest BCUT2D eigenvalue weighted by molar-refractivity contribution is 0.0947. The predicted octanol–water partition coefficient (Wildman–Crippen LogP) is 2.63. The molecular formula is C21H17ClN8O. The number of aromatic amines is 1. The zero-order chi connectivity index (χ0) is 21.4. The van der Waals surface area contributed by atoms with Crippen LogP contribution in [-0.2, 0) is 19.6 Å². The van der Waals surface area contributed by atoms with E-state index in [1.807, 2.05) is 28.9 Å². The van der Waals surface area contributed by atoms with E-state index in [-0.39, 0.29) is 11.6 Å². The Morgan fingerprint density at radius 2 is 2.06 bits per heavy atom. The summed E-state index contributed by atoms with van der Waals surface area (Å²) in [5.41, 5.74) is 4.28. The van der Waals surface area contributed by atoms with Crippen LogP contribution in [-0.4, -0.2) is 37.6 Å². The smallest absolute Gasteiger partial charge is 0.272 e. The highest BCUT2D eigenvalue weighted by Gasteiger charge is 2.23. The number of aromatic nitrogens is 5. The molecule has 0 saturated heterocycles. The van der Waals surface area contributed by atoms with E-state index >= 15 is 0 Å². The van der Waals surface area contributed by atoms with E-state index < -0.39 is 0 Å². The molecule has 0 aliphatic carbocycles. The van der Waals surface area contributed by atoms with Crippen LogP contribution in [0.4, 0.5) is 5.69 Å². The maximum absolute atomic E-state index is 12.7. The van der Waals surface area contributed by atoms with E-state index in [0.29, 0.717) is 34.6 Å². The molecule has 0 saturated carbocycles. The number of hydrogen-bond acceptors (Lipinski definition) is 6. The Bertz CT molecular complexity index is 1320. The Labute approximate surface area is 182 Å². The van der Waals surface area contributed by atoms with Gasteiger partial charge in [-0.25, -0.2) is 4.68 Å². The second-order valence-corrected chi connectivity index (χ2v) is 7.63. The number of nitrogens with one attached hydrogen (secondary N) is 2. The quantitative estimate of drug-likeness (QED) is 0.512. The van der Waals surface area contributed by atoms with Crippen LogP contribution < -0.4 is 10.2 Å². The Morgan fingerprint density at radius 3 is 2.87 bits per heavy atom. The molecule has 4 aromatic rings. The van der Waals surface area contributed by atoms with Crippen LogP contribution in [0.15, 0.2) is 42.6 Å². The van der Waals surface area contributed by atoms with Gasteiger partial charge in [-0.3, -0.25) is 9.89 Å². The normalized spacial score (nSPS) is 13.1. The lowest BCUT2D eigenvalue weighted by Gasteiger charge is -2.29. The standard InChI is InChI=1S/C21H17ClN8O/c22-18-17(29-7-8-30-15(12-29)11-25-28-30)6-5-16-19(18)26-27-20(16)21(31)24-10-14-3-1-13(9-23)2-4-14/h1-6,11H,7-8,10,12H2,(H,24,31)(H,26,27). The molecule has 0 atom stereocenters. The molecule has 5 rings (SSSR count). The summed E-state index contributed by atoms with van der Waals surface area (Å²) in [4.78, 5) is 14.9. The van der Waals surface area contributed by atoms with Crippen LogP contribution in [0.3, 0.4) is 0 Å². The first-order chi connectivity index (χ1) is 15.1. The summed E-state index contributed by atoms with van der Waals surface area (Å²) in [7, 11) is 0. The summed E-state index contributed by atoms with van der Waals surface area (Å²) in [5, 5.41) is 28.1. The summed E-state index contributed by atoms with van der Waals surface area (Å²) in [6.07, 6.45) is 1.76. The van der Waals surface area contributed by atoms with Gasteiger partial charge in [0.2, 0.25) is 0 Å². The molecular weight excluding hydrogens is 416 g/mol. The number of H-pyrrole nitrogens is 1. The fourth-order valence-corrected chi connectivity index (χ4v) is 4.04. The van der Waals surface area contributed by atoms with Crippen molar-refractivity contribution in [3.8, 4) is 6.07 Å². The summed E-state index contributed by atoms with van der Waals surface area (Å²) in [6.45, 7) is 2.48. The van der Waals surface area contributed by atoms with E-state index in [1.165, 1.54) is 0 Å². The number of hydrogen-bond donors (Lipinski definition) is 2. The van der Waals surface area contributed by atoms with E-state index in [0.717, 1.165) is 30.0 Å². The molecule has 0 spiro atoms. The Balaban J connectivity index is 1.35. The Hall–Kier alpha value is -3.90. The number of fused-ring (bicyclic) bond motifs is 2. The number of benzene rings is 2. The predicted molar refractivity (Wildman–Crippen MR) is 115 cm³/mol. The van der Waals surface area contributed by atoms with Crippen molar-refractivity contribution < 1.29 is 4.79 Å². The Morgan fingerprint density at radius 1 is 1.23 bits per heavy atom. The number of nitriles is 1. The molecule has 2 aromatic heterocycles. The molecule has 154 valence electrons. The average molecular weight is 433 g/mol. The van der Waals surface area contributed by atoms with E-state index in [4.69, 9.17) is 16.9 Å². The van der Waals surface area contributed by atoms with Crippen molar-refractivity contribution >= 4 is 34.1 Å². The SMILES string of the molecule is N#Cc1ccc(CNC(=O)c2n[nH]c3c(Cl)c(N4CCn5nncc5C4)ccc23)cc1. The third kappa shape index (κ3) is 3.47. The van der Waals surface area contributed by atoms with Gasteiger partial charge in [-0.2, -0.15) is 10.4 Å². The highest BCUT2D eigenvalue weighted by Crippen LogP contribution is 2.35. The van der Waals surface area contributed by atoms with Gasteiger partial charge in [0.05, 0.1) is 52.8 Å². The summed E-state index contributed by atoms with van der Waals surface area (Å²) >= 11 is 6.69. The minimum Gasteiger partial charge on any atom is -0.362 e. The lowest BCUT2D eigenvalue weighted by Crippen LogP contribution is -2.34. The van der Waals surface area contributed by atoms with Gasteiger partial charge >= 0.3 is 0 Å². The summed E-state index contributed by atoms with van der Waals surface area (Å²) in [5.74, 6) is -0.299. The zero-order valence-corrected chi connectivity index (χ0v) is 17.1. The molecule has 1 aliphatic heterocycles. The van der Waals surface area contributed by atoms with Crippen LogP contribution in [0.25, 0.3) is 10.9 Å². The topological polar surface area (TPSA) is 116 Å². The van der Waals surface area contributed by atoms with Gasteiger partial charge in [0, 0.05) is 18.5 Å². The van der Waals surface area contributed by atoms with Gasteiger partial charge in [0.15, 0.2) is 5.69 Å². The third-order valence-electron chi connectivity index (χ3n) is 5.38. The van der Waals surface area contributed by atoms with Crippen LogP contribution >= 0.6 is 11.6 Å². The molecule has 31 heavy (non-hydrogen) atoms. The van der Waals surface area contributed by atoms with Crippen molar-refractivity contribution in [3.05, 3.63) is 70.1 Å². The average Bonchev–Trinajstić information content (AvgIpc) is 3.45. The number of halogens is 1. The van der Waals surface area contributed by atoms with Gasteiger partial charge in [-0.05, 0) is 29.8 Å². The van der Waals surface area contributed by atoms with Gasteiger partial charge in [0.25, 0.3) is 5.91 Å². The van der Waals surface area contributed by atoms with Crippen molar-refractivity contribution in [2.24, 2.45) is 0 Å². The molecule has 2 N–H and O–H groups in total. The molecule has 3 heterocycles. The monoisotopic (exact) mass is 432 g/mol. The maximum atomic E-state index is 12.7. The summed E-state index contributed by atoms with van der Waals surface area (Å²) < 4.78 is 1.88. The first-order valence-electron chi connectivity index (χ1n) is 9.70. The molecule has 9 nitrogen and oxygen atoms in total. The fourth-order valence-electron chi connectivity index (χ4n) is 3.71. The van der Waals surface area contributed by atoms with Crippen molar-refractivity contribution in [1.82, 2.24) is 30.5 Å². The van der Waals surface area contributed by atoms with Crippen LogP contribution in [0.5, 0.6) is 0 Å². The minimum absolute atomic E-state index is 0.290. The van der Waals surface area contributed by atoms with Crippen molar-refractivity contribution in [1.29, 1.82) is 5.26 Å². The van der Waals surface area contributed by atoms with E-state index in [2.05, 4.69) is 36.8 Å². The van der Waals surface area contributed by atoms with E-state index in [9.17, 15) is 4.79 Å². The number of carbonyl (C=O) groups excluding carboxylic acids is 1. The second kappa shape index (κ2) is 7.74. The third-order valence-corrected chi connectivity index (χ3v) is 5.76. The number of amides is 1. The van der Waals surface area contributed by atoms with Crippen LogP contribution in [0.1, 0.15) is 27.3 Å². The molecule has 0 bridgehead atoms. The molecule has 1 aliphatic rings. The highest BCUT2D eigenvalue weighted by atomic mass is 35.5. The fraction of sp³-hybridized carbons (Fsp3) is 0.190. The van der Waals surface area contributed by atoms with E-state index in [1.54, 1.807) is 18.3 Å². The minimum atomic E-state index is -0.299.